The fourth-order valence-electron chi connectivity index (χ4n) is 2.66. The summed E-state index contributed by atoms with van der Waals surface area (Å²) in [5.41, 5.74) is 0.415. The molecule has 0 bridgehead atoms. The lowest BCUT2D eigenvalue weighted by Gasteiger charge is -2.31. The molecule has 2 heterocycles. The zero-order valence-electron chi connectivity index (χ0n) is 11.6. The monoisotopic (exact) mass is 280 g/mol. The molecule has 2 N–H and O–H groups in total. The van der Waals surface area contributed by atoms with Crippen molar-refractivity contribution in [2.45, 2.75) is 32.9 Å². The third-order valence-corrected chi connectivity index (χ3v) is 3.78. The average molecular weight is 280 g/mol. The number of carboxylic acid groups (broad SMARTS) is 1. The van der Waals surface area contributed by atoms with Gasteiger partial charge in [0.05, 0.1) is 12.1 Å². The molecule has 1 aromatic heterocycles. The van der Waals surface area contributed by atoms with Crippen molar-refractivity contribution in [3.63, 3.8) is 0 Å². The number of hydrogen-bond acceptors (Lipinski definition) is 4. The molecule has 0 aromatic carbocycles. The van der Waals surface area contributed by atoms with E-state index in [-0.39, 0.29) is 11.7 Å². The topological polar surface area (TPSA) is 82.8 Å². The number of likely N-dealkylation sites (tertiary alicyclic amines) is 1. The molecule has 1 atom stereocenters. The van der Waals surface area contributed by atoms with E-state index in [9.17, 15) is 14.7 Å². The van der Waals surface area contributed by atoms with Gasteiger partial charge in [0.25, 0.3) is 0 Å². The molecule has 0 spiro atoms. The molecule has 1 saturated heterocycles. The van der Waals surface area contributed by atoms with Crippen LogP contribution in [0.5, 0.6) is 5.75 Å². The van der Waals surface area contributed by atoms with Crippen LogP contribution in [0.25, 0.3) is 0 Å². The van der Waals surface area contributed by atoms with Crippen molar-refractivity contribution in [2.24, 2.45) is 5.92 Å². The van der Waals surface area contributed by atoms with Crippen molar-refractivity contribution in [3.8, 4) is 5.75 Å². The smallest absolute Gasteiger partial charge is 0.307 e. The van der Waals surface area contributed by atoms with Crippen LogP contribution in [0.2, 0.25) is 0 Å². The van der Waals surface area contributed by atoms with Crippen LogP contribution in [0.3, 0.4) is 0 Å². The predicted octanol–water partition coefficient (Wildman–Crippen LogP) is 0.870. The van der Waals surface area contributed by atoms with Gasteiger partial charge in [-0.15, -0.1) is 0 Å². The number of hydrogen-bond donors (Lipinski definition) is 2. The van der Waals surface area contributed by atoms with Crippen molar-refractivity contribution in [1.29, 1.82) is 0 Å². The number of piperidine rings is 1. The summed E-state index contributed by atoms with van der Waals surface area (Å²) in [6.07, 6.45) is 3.00. The number of rotatable bonds is 4. The lowest BCUT2D eigenvalue weighted by molar-refractivity contribution is -0.143. The molecule has 1 aliphatic heterocycles. The number of aliphatic carboxylic acids is 1. The van der Waals surface area contributed by atoms with Crippen LogP contribution in [0.15, 0.2) is 17.1 Å². The standard InChI is InChI=1S/C14H20N2O4/c1-2-16-9-13(18)12(17)6-11(16)8-15-5-3-4-10(7-15)14(19)20/h6,9-10,18H,2-5,7-8H2,1H3,(H,19,20). The van der Waals surface area contributed by atoms with Crippen LogP contribution in [0.1, 0.15) is 25.5 Å². The van der Waals surface area contributed by atoms with Crippen molar-refractivity contribution >= 4 is 5.97 Å². The number of aryl methyl sites for hydroxylation is 1. The third-order valence-electron chi connectivity index (χ3n) is 3.78. The number of nitrogens with zero attached hydrogens (tertiary/aromatic N) is 2. The highest BCUT2D eigenvalue weighted by molar-refractivity contribution is 5.70. The SMILES string of the molecule is CCn1cc(O)c(=O)cc1CN1CCCC(C(=O)O)C1. The second kappa shape index (κ2) is 6.09. The van der Waals surface area contributed by atoms with E-state index in [4.69, 9.17) is 5.11 Å². The summed E-state index contributed by atoms with van der Waals surface area (Å²) in [6, 6.07) is 1.43. The Bertz CT molecular complexity index is 553. The zero-order valence-corrected chi connectivity index (χ0v) is 11.6. The van der Waals surface area contributed by atoms with Gasteiger partial charge in [0, 0.05) is 31.4 Å². The molecule has 6 heteroatoms. The number of carbonyl (C=O) groups is 1. The summed E-state index contributed by atoms with van der Waals surface area (Å²) in [5.74, 6) is -1.34. The van der Waals surface area contributed by atoms with E-state index in [1.807, 2.05) is 11.5 Å². The number of aromatic hydroxyl groups is 1. The predicted molar refractivity (Wildman–Crippen MR) is 73.7 cm³/mol. The summed E-state index contributed by atoms with van der Waals surface area (Å²) < 4.78 is 1.82. The van der Waals surface area contributed by atoms with E-state index in [1.54, 1.807) is 0 Å². The molecule has 1 fully saturated rings. The maximum absolute atomic E-state index is 11.5. The maximum atomic E-state index is 11.5. The Hall–Kier alpha value is -1.82. The highest BCUT2D eigenvalue weighted by Gasteiger charge is 2.25. The van der Waals surface area contributed by atoms with Gasteiger partial charge in [-0.2, -0.15) is 0 Å². The molecule has 2 rings (SSSR count). The minimum atomic E-state index is -0.756. The summed E-state index contributed by atoms with van der Waals surface area (Å²) in [5, 5.41) is 18.5. The summed E-state index contributed by atoms with van der Waals surface area (Å²) >= 11 is 0. The van der Waals surface area contributed by atoms with Crippen LogP contribution in [-0.4, -0.2) is 38.7 Å². The summed E-state index contributed by atoms with van der Waals surface area (Å²) in [6.45, 7) is 4.47. The molecule has 0 aliphatic carbocycles. The first kappa shape index (κ1) is 14.6. The molecular formula is C14H20N2O4. The Morgan fingerprint density at radius 1 is 1.50 bits per heavy atom. The van der Waals surface area contributed by atoms with Gasteiger partial charge in [0.15, 0.2) is 5.75 Å². The van der Waals surface area contributed by atoms with Gasteiger partial charge in [-0.25, -0.2) is 0 Å². The van der Waals surface area contributed by atoms with Crippen LogP contribution in [-0.2, 0) is 17.9 Å². The Labute approximate surface area is 117 Å². The quantitative estimate of drug-likeness (QED) is 0.855. The number of pyridine rings is 1. The molecule has 0 amide bonds. The summed E-state index contributed by atoms with van der Waals surface area (Å²) in [7, 11) is 0. The fraction of sp³-hybridized carbons (Fsp3) is 0.571. The Kier molecular flexibility index (Phi) is 4.44. The highest BCUT2D eigenvalue weighted by atomic mass is 16.4. The molecule has 1 aliphatic rings. The van der Waals surface area contributed by atoms with Crippen LogP contribution >= 0.6 is 0 Å². The van der Waals surface area contributed by atoms with E-state index < -0.39 is 11.4 Å². The highest BCUT2D eigenvalue weighted by Crippen LogP contribution is 2.19. The first-order valence-corrected chi connectivity index (χ1v) is 6.88. The van der Waals surface area contributed by atoms with Gasteiger partial charge in [-0.3, -0.25) is 14.5 Å². The Balaban J connectivity index is 2.15. The molecule has 110 valence electrons. The van der Waals surface area contributed by atoms with Crippen LogP contribution in [0, 0.1) is 5.92 Å². The van der Waals surface area contributed by atoms with E-state index in [2.05, 4.69) is 4.90 Å². The molecule has 20 heavy (non-hydrogen) atoms. The van der Waals surface area contributed by atoms with Gasteiger partial charge >= 0.3 is 5.97 Å². The van der Waals surface area contributed by atoms with Gasteiger partial charge in [0.1, 0.15) is 0 Å². The van der Waals surface area contributed by atoms with E-state index in [1.165, 1.54) is 12.3 Å². The number of aromatic nitrogens is 1. The second-order valence-electron chi connectivity index (χ2n) is 5.21. The fourth-order valence-corrected chi connectivity index (χ4v) is 2.66. The van der Waals surface area contributed by atoms with Gasteiger partial charge in [-0.1, -0.05) is 0 Å². The van der Waals surface area contributed by atoms with Crippen LogP contribution in [0.4, 0.5) is 0 Å². The largest absolute Gasteiger partial charge is 0.503 e. The minimum Gasteiger partial charge on any atom is -0.503 e. The third kappa shape index (κ3) is 3.19. The van der Waals surface area contributed by atoms with E-state index in [0.717, 1.165) is 18.7 Å². The Morgan fingerprint density at radius 3 is 2.90 bits per heavy atom. The first-order valence-electron chi connectivity index (χ1n) is 6.88. The van der Waals surface area contributed by atoms with Gasteiger partial charge in [0.2, 0.25) is 5.43 Å². The van der Waals surface area contributed by atoms with Crippen molar-refractivity contribution in [2.75, 3.05) is 13.1 Å². The molecule has 0 saturated carbocycles. The van der Waals surface area contributed by atoms with Gasteiger partial charge in [-0.05, 0) is 26.3 Å². The molecule has 1 unspecified atom stereocenters. The molecular weight excluding hydrogens is 260 g/mol. The first-order chi connectivity index (χ1) is 9.51. The molecule has 6 nitrogen and oxygen atoms in total. The van der Waals surface area contributed by atoms with Crippen molar-refractivity contribution in [3.05, 3.63) is 28.2 Å². The zero-order chi connectivity index (χ0) is 14.7. The van der Waals surface area contributed by atoms with Gasteiger partial charge < -0.3 is 14.8 Å². The average Bonchev–Trinajstić information content (AvgIpc) is 2.43. The Morgan fingerprint density at radius 2 is 2.25 bits per heavy atom. The lowest BCUT2D eigenvalue weighted by Crippen LogP contribution is -2.38. The van der Waals surface area contributed by atoms with E-state index >= 15 is 0 Å². The number of carboxylic acids is 1. The normalized spacial score (nSPS) is 19.9. The second-order valence-corrected chi connectivity index (χ2v) is 5.21. The van der Waals surface area contributed by atoms with Crippen molar-refractivity contribution in [1.82, 2.24) is 9.47 Å². The van der Waals surface area contributed by atoms with Crippen LogP contribution < -0.4 is 5.43 Å². The molecule has 0 radical (unpaired) electrons. The maximum Gasteiger partial charge on any atom is 0.307 e. The summed E-state index contributed by atoms with van der Waals surface area (Å²) in [4.78, 5) is 24.7. The lowest BCUT2D eigenvalue weighted by atomic mass is 9.98. The molecule has 1 aromatic rings. The van der Waals surface area contributed by atoms with E-state index in [0.29, 0.717) is 26.1 Å². The van der Waals surface area contributed by atoms with Crippen molar-refractivity contribution < 1.29 is 15.0 Å². The minimum absolute atomic E-state index is 0.252.